The van der Waals surface area contributed by atoms with E-state index in [9.17, 15) is 9.90 Å². The minimum atomic E-state index is -0.643. The smallest absolute Gasteiger partial charge is 0.303 e. The van der Waals surface area contributed by atoms with Crippen LogP contribution in [-0.4, -0.2) is 22.3 Å². The van der Waals surface area contributed by atoms with Gasteiger partial charge in [0.05, 0.1) is 6.10 Å². The lowest BCUT2D eigenvalue weighted by atomic mass is 9.44. The monoisotopic (exact) mass is 376 g/mol. The van der Waals surface area contributed by atoms with Crippen LogP contribution in [0.25, 0.3) is 0 Å². The molecule has 3 unspecified atom stereocenters. The summed E-state index contributed by atoms with van der Waals surface area (Å²) in [5, 5.41) is 19.3. The van der Waals surface area contributed by atoms with E-state index in [0.29, 0.717) is 29.1 Å². The van der Waals surface area contributed by atoms with Crippen LogP contribution in [0.2, 0.25) is 0 Å². The third kappa shape index (κ3) is 3.16. The first kappa shape index (κ1) is 19.7. The van der Waals surface area contributed by atoms with Crippen LogP contribution in [0.5, 0.6) is 0 Å². The van der Waals surface area contributed by atoms with Crippen molar-refractivity contribution in [3.8, 4) is 0 Å². The van der Waals surface area contributed by atoms with E-state index in [0.717, 1.165) is 42.9 Å². The van der Waals surface area contributed by atoms with Crippen molar-refractivity contribution in [1.29, 1.82) is 0 Å². The Morgan fingerprint density at radius 1 is 1.00 bits per heavy atom. The number of carboxylic acids is 1. The highest BCUT2D eigenvalue weighted by Crippen LogP contribution is 2.68. The van der Waals surface area contributed by atoms with Gasteiger partial charge in [-0.1, -0.05) is 20.8 Å². The first-order valence-electron chi connectivity index (χ1n) is 11.7. The number of aliphatic hydroxyl groups is 1. The fraction of sp³-hybridized carbons (Fsp3) is 0.958. The molecule has 0 bridgehead atoms. The zero-order chi connectivity index (χ0) is 19.4. The van der Waals surface area contributed by atoms with Gasteiger partial charge in [-0.2, -0.15) is 0 Å². The Hall–Kier alpha value is -0.570. The van der Waals surface area contributed by atoms with E-state index in [1.165, 1.54) is 44.9 Å². The van der Waals surface area contributed by atoms with Crippen LogP contribution < -0.4 is 0 Å². The summed E-state index contributed by atoms with van der Waals surface area (Å²) in [6.45, 7) is 7.43. The molecule has 0 saturated heterocycles. The minimum Gasteiger partial charge on any atom is -0.481 e. The van der Waals surface area contributed by atoms with Crippen LogP contribution in [-0.2, 0) is 4.79 Å². The maximum absolute atomic E-state index is 11.0. The van der Waals surface area contributed by atoms with E-state index in [-0.39, 0.29) is 6.10 Å². The number of fused-ring (bicyclic) bond motifs is 5. The first-order valence-corrected chi connectivity index (χ1v) is 11.7. The van der Waals surface area contributed by atoms with Crippen LogP contribution in [0, 0.1) is 46.3 Å². The maximum atomic E-state index is 11.0. The molecule has 3 heteroatoms. The van der Waals surface area contributed by atoms with Crippen molar-refractivity contribution in [3.05, 3.63) is 0 Å². The molecule has 4 fully saturated rings. The van der Waals surface area contributed by atoms with Gasteiger partial charge < -0.3 is 10.2 Å². The van der Waals surface area contributed by atoms with Crippen LogP contribution in [0.15, 0.2) is 0 Å². The SMILES string of the molecule is CC(CCC(=O)O)C1CC[C@H]2[C@@H]3CC[C@@H]4C[C@H](O)CC[C@]4(C)[C@H]3CCC12C. The highest BCUT2D eigenvalue weighted by atomic mass is 16.4. The molecule has 0 heterocycles. The summed E-state index contributed by atoms with van der Waals surface area (Å²) in [5.74, 6) is 3.91. The molecule has 0 aliphatic heterocycles. The molecular formula is C24H40O3. The van der Waals surface area contributed by atoms with Crippen LogP contribution in [0.4, 0.5) is 0 Å². The molecule has 0 aromatic carbocycles. The van der Waals surface area contributed by atoms with Crippen molar-refractivity contribution in [2.75, 3.05) is 0 Å². The highest BCUT2D eigenvalue weighted by Gasteiger charge is 2.60. The number of aliphatic hydroxyl groups excluding tert-OH is 1. The van der Waals surface area contributed by atoms with Gasteiger partial charge in [-0.25, -0.2) is 0 Å². The third-order valence-corrected chi connectivity index (χ3v) is 10.2. The molecule has 4 aliphatic carbocycles. The fourth-order valence-electron chi connectivity index (χ4n) is 8.76. The van der Waals surface area contributed by atoms with E-state index < -0.39 is 5.97 Å². The molecule has 154 valence electrons. The van der Waals surface area contributed by atoms with Crippen molar-refractivity contribution in [2.24, 2.45) is 46.3 Å². The van der Waals surface area contributed by atoms with Gasteiger partial charge in [0.2, 0.25) is 0 Å². The Labute approximate surface area is 165 Å². The van der Waals surface area contributed by atoms with Crippen LogP contribution in [0.3, 0.4) is 0 Å². The molecule has 9 atom stereocenters. The zero-order valence-corrected chi connectivity index (χ0v) is 17.6. The van der Waals surface area contributed by atoms with Crippen molar-refractivity contribution in [1.82, 2.24) is 0 Å². The lowest BCUT2D eigenvalue weighted by molar-refractivity contribution is -0.138. The predicted octanol–water partition coefficient (Wildman–Crippen LogP) is 5.51. The predicted molar refractivity (Wildman–Crippen MR) is 107 cm³/mol. The molecular weight excluding hydrogens is 336 g/mol. The summed E-state index contributed by atoms with van der Waals surface area (Å²) in [6.07, 6.45) is 12.4. The van der Waals surface area contributed by atoms with Gasteiger partial charge in [0.25, 0.3) is 0 Å². The number of carbonyl (C=O) groups is 1. The Kier molecular flexibility index (Phi) is 5.15. The van der Waals surface area contributed by atoms with E-state index in [2.05, 4.69) is 20.8 Å². The molecule has 4 aliphatic rings. The molecule has 4 saturated carbocycles. The summed E-state index contributed by atoms with van der Waals surface area (Å²) < 4.78 is 0. The number of hydrogen-bond donors (Lipinski definition) is 2. The van der Waals surface area contributed by atoms with Gasteiger partial charge in [0, 0.05) is 6.42 Å². The van der Waals surface area contributed by atoms with Gasteiger partial charge in [0.1, 0.15) is 0 Å². The van der Waals surface area contributed by atoms with E-state index >= 15 is 0 Å². The summed E-state index contributed by atoms with van der Waals surface area (Å²) in [7, 11) is 0. The van der Waals surface area contributed by atoms with Crippen molar-refractivity contribution in [2.45, 2.75) is 97.5 Å². The molecule has 2 N–H and O–H groups in total. The van der Waals surface area contributed by atoms with Gasteiger partial charge >= 0.3 is 5.97 Å². The second-order valence-electron chi connectivity index (χ2n) is 11.2. The Bertz CT molecular complexity index is 574. The molecule has 3 nitrogen and oxygen atoms in total. The molecule has 0 aromatic heterocycles. The standard InChI is InChI=1S/C24H40O3/c1-15(4-9-22(26)27)19-7-8-20-18-6-5-16-14-17(25)10-12-23(16,2)21(18)11-13-24(19,20)3/h15-21,25H,4-14H2,1-3H3,(H,26,27)/t15?,16-,17-,18+,19?,20+,21+,23+,24?/m1/s1. The number of aliphatic carboxylic acids is 1. The molecule has 0 amide bonds. The quantitative estimate of drug-likeness (QED) is 0.680. The fourth-order valence-corrected chi connectivity index (χ4v) is 8.76. The van der Waals surface area contributed by atoms with Crippen molar-refractivity contribution >= 4 is 5.97 Å². The summed E-state index contributed by atoms with van der Waals surface area (Å²) >= 11 is 0. The topological polar surface area (TPSA) is 57.5 Å². The van der Waals surface area contributed by atoms with Gasteiger partial charge in [-0.05, 0) is 111 Å². The molecule has 27 heavy (non-hydrogen) atoms. The van der Waals surface area contributed by atoms with Gasteiger partial charge in [-0.3, -0.25) is 4.79 Å². The number of carboxylic acid groups (broad SMARTS) is 1. The Morgan fingerprint density at radius 2 is 1.70 bits per heavy atom. The normalized spacial score (nSPS) is 50.4. The van der Waals surface area contributed by atoms with E-state index in [4.69, 9.17) is 5.11 Å². The maximum Gasteiger partial charge on any atom is 0.303 e. The van der Waals surface area contributed by atoms with E-state index in [1.807, 2.05) is 0 Å². The minimum absolute atomic E-state index is 0.0561. The number of rotatable bonds is 4. The summed E-state index contributed by atoms with van der Waals surface area (Å²) in [6, 6.07) is 0. The van der Waals surface area contributed by atoms with Gasteiger partial charge in [0.15, 0.2) is 0 Å². The highest BCUT2D eigenvalue weighted by molar-refractivity contribution is 5.66. The third-order valence-electron chi connectivity index (χ3n) is 10.2. The molecule has 4 rings (SSSR count). The lowest BCUT2D eigenvalue weighted by Gasteiger charge is -2.61. The summed E-state index contributed by atoms with van der Waals surface area (Å²) in [5.41, 5.74) is 0.882. The van der Waals surface area contributed by atoms with Crippen LogP contribution in [0.1, 0.15) is 91.4 Å². The van der Waals surface area contributed by atoms with Crippen LogP contribution >= 0.6 is 0 Å². The van der Waals surface area contributed by atoms with Crippen molar-refractivity contribution < 1.29 is 15.0 Å². The summed E-state index contributed by atoms with van der Waals surface area (Å²) in [4.78, 5) is 11.0. The van der Waals surface area contributed by atoms with Gasteiger partial charge in [-0.15, -0.1) is 0 Å². The lowest BCUT2D eigenvalue weighted by Crippen LogP contribution is -2.54. The second kappa shape index (κ2) is 7.04. The molecule has 0 radical (unpaired) electrons. The zero-order valence-electron chi connectivity index (χ0n) is 17.6. The van der Waals surface area contributed by atoms with E-state index in [1.54, 1.807) is 0 Å². The second-order valence-corrected chi connectivity index (χ2v) is 11.2. The average molecular weight is 377 g/mol. The van der Waals surface area contributed by atoms with Crippen molar-refractivity contribution in [3.63, 3.8) is 0 Å². The average Bonchev–Trinajstić information content (AvgIpc) is 2.97. The Balaban J connectivity index is 1.51. The molecule has 0 spiro atoms. The largest absolute Gasteiger partial charge is 0.481 e. The number of hydrogen-bond acceptors (Lipinski definition) is 2. The molecule has 0 aromatic rings. The first-order chi connectivity index (χ1) is 12.8. The Morgan fingerprint density at radius 3 is 2.44 bits per heavy atom.